The van der Waals surface area contributed by atoms with Gasteiger partial charge >= 0.3 is 6.36 Å². The number of alkyl halides is 3. The van der Waals surface area contributed by atoms with Gasteiger partial charge in [0, 0.05) is 25.3 Å². The number of hydrogen-bond donors (Lipinski definition) is 2. The highest BCUT2D eigenvalue weighted by Gasteiger charge is 2.37. The summed E-state index contributed by atoms with van der Waals surface area (Å²) in [6.07, 6.45) is -3.61. The summed E-state index contributed by atoms with van der Waals surface area (Å²) < 4.78 is 47.4. The first-order valence-electron chi connectivity index (χ1n) is 9.86. The van der Waals surface area contributed by atoms with E-state index < -0.39 is 11.9 Å². The largest absolute Gasteiger partial charge is 0.573 e. The van der Waals surface area contributed by atoms with Gasteiger partial charge < -0.3 is 14.8 Å². The van der Waals surface area contributed by atoms with Crippen LogP contribution >= 0.6 is 0 Å². The smallest absolute Gasteiger partial charge is 0.406 e. The lowest BCUT2D eigenvalue weighted by molar-refractivity contribution is -0.274. The Bertz CT molecular complexity index is 870. The molecule has 3 rings (SSSR count). The van der Waals surface area contributed by atoms with E-state index in [-0.39, 0.29) is 24.0 Å². The van der Waals surface area contributed by atoms with Crippen molar-refractivity contribution in [3.05, 3.63) is 46.8 Å². The van der Waals surface area contributed by atoms with Crippen LogP contribution in [0.15, 0.2) is 24.3 Å². The number of ether oxygens (including phenoxy) is 2. The maximum atomic E-state index is 12.9. The van der Waals surface area contributed by atoms with Crippen molar-refractivity contribution in [1.29, 1.82) is 0 Å². The molecule has 0 saturated carbocycles. The predicted molar refractivity (Wildman–Crippen MR) is 104 cm³/mol. The molecular weight excluding hydrogens is 399 g/mol. The molecule has 30 heavy (non-hydrogen) atoms. The fourth-order valence-corrected chi connectivity index (χ4v) is 4.18. The molecule has 1 amide bonds. The van der Waals surface area contributed by atoms with E-state index in [9.17, 15) is 18.0 Å². The van der Waals surface area contributed by atoms with E-state index in [4.69, 9.17) is 4.74 Å². The third-order valence-electron chi connectivity index (χ3n) is 5.51. The molecule has 1 unspecified atom stereocenters. The molecule has 1 saturated heterocycles. The first-order chi connectivity index (χ1) is 14.1. The number of hydrogen-bond acceptors (Lipinski definition) is 4. The minimum atomic E-state index is -4.78. The lowest BCUT2D eigenvalue weighted by Crippen LogP contribution is -2.49. The topological polar surface area (TPSA) is 76.2 Å². The molecule has 164 valence electrons. The van der Waals surface area contributed by atoms with Gasteiger partial charge in [0.05, 0.1) is 11.2 Å². The first kappa shape index (κ1) is 22.1. The quantitative estimate of drug-likeness (QED) is 0.726. The number of aromatic nitrogens is 2. The van der Waals surface area contributed by atoms with E-state index >= 15 is 0 Å². The Labute approximate surface area is 173 Å². The summed E-state index contributed by atoms with van der Waals surface area (Å²) in [4.78, 5) is 12.9. The molecule has 1 aromatic carbocycles. The van der Waals surface area contributed by atoms with Crippen LogP contribution in [0.3, 0.4) is 0 Å². The molecule has 1 aromatic heterocycles. The van der Waals surface area contributed by atoms with Gasteiger partial charge in [-0.15, -0.1) is 13.2 Å². The summed E-state index contributed by atoms with van der Waals surface area (Å²) in [6, 6.07) is 5.80. The minimum absolute atomic E-state index is 0.0551. The van der Waals surface area contributed by atoms with Gasteiger partial charge in [-0.2, -0.15) is 5.10 Å². The summed E-state index contributed by atoms with van der Waals surface area (Å²) in [6.45, 7) is 6.56. The number of carbonyl (C=O) groups excluding carboxylic acids is 1. The Kier molecular flexibility index (Phi) is 6.40. The number of H-pyrrole nitrogens is 1. The molecule has 2 aromatic rings. The number of halogens is 3. The van der Waals surface area contributed by atoms with Gasteiger partial charge in [0.1, 0.15) is 5.75 Å². The van der Waals surface area contributed by atoms with Gasteiger partial charge in [-0.05, 0) is 55.9 Å². The highest BCUT2D eigenvalue weighted by atomic mass is 19.4. The summed E-state index contributed by atoms with van der Waals surface area (Å²) in [5.41, 5.74) is 2.55. The average Bonchev–Trinajstić information content (AvgIpc) is 2.99. The van der Waals surface area contributed by atoms with E-state index in [2.05, 4.69) is 20.3 Å². The van der Waals surface area contributed by atoms with Crippen molar-refractivity contribution >= 4 is 5.91 Å². The Hall–Kier alpha value is -2.55. The molecule has 1 aliphatic heterocycles. The molecule has 1 aliphatic rings. The normalized spacial score (nSPS) is 17.4. The van der Waals surface area contributed by atoms with Crippen LogP contribution in [0.1, 0.15) is 54.6 Å². The van der Waals surface area contributed by atoms with Crippen LogP contribution in [0.2, 0.25) is 0 Å². The first-order valence-corrected chi connectivity index (χ1v) is 9.86. The number of benzene rings is 1. The zero-order valence-corrected chi connectivity index (χ0v) is 17.2. The minimum Gasteiger partial charge on any atom is -0.406 e. The second-order valence-corrected chi connectivity index (χ2v) is 7.77. The Morgan fingerprint density at radius 3 is 2.63 bits per heavy atom. The number of nitrogens with one attached hydrogen (secondary N) is 2. The molecule has 0 spiro atoms. The number of nitrogens with zero attached hydrogens (tertiary/aromatic N) is 1. The summed E-state index contributed by atoms with van der Waals surface area (Å²) >= 11 is 0. The second-order valence-electron chi connectivity index (χ2n) is 7.77. The highest BCUT2D eigenvalue weighted by Crippen LogP contribution is 2.36. The third-order valence-corrected chi connectivity index (χ3v) is 5.51. The standard InChI is InChI=1S/C21H26F3N3O3/c1-13(19-14(2)26-27-15(19)3)11-18(28)25-20(7-9-29-10-8-20)16-5-4-6-17(12-16)30-21(22,23)24/h4-6,12-13H,7-11H2,1-3H3,(H,25,28)(H,26,27). The van der Waals surface area contributed by atoms with Crippen LogP contribution in [-0.2, 0) is 15.1 Å². The lowest BCUT2D eigenvalue weighted by Gasteiger charge is -2.39. The van der Waals surface area contributed by atoms with Gasteiger partial charge in [-0.3, -0.25) is 9.89 Å². The molecule has 1 fully saturated rings. The van der Waals surface area contributed by atoms with Gasteiger partial charge in [0.2, 0.25) is 5.91 Å². The van der Waals surface area contributed by atoms with Crippen LogP contribution in [0.4, 0.5) is 13.2 Å². The SMILES string of the molecule is Cc1n[nH]c(C)c1C(C)CC(=O)NC1(c2cccc(OC(F)(F)F)c2)CCOCC1. The maximum absolute atomic E-state index is 12.9. The monoisotopic (exact) mass is 425 g/mol. The zero-order chi connectivity index (χ0) is 21.9. The van der Waals surface area contributed by atoms with Crippen LogP contribution in [0, 0.1) is 13.8 Å². The zero-order valence-electron chi connectivity index (χ0n) is 17.2. The lowest BCUT2D eigenvalue weighted by atomic mass is 9.82. The van der Waals surface area contributed by atoms with Crippen molar-refractivity contribution in [2.45, 2.75) is 57.9 Å². The van der Waals surface area contributed by atoms with Crippen molar-refractivity contribution < 1.29 is 27.4 Å². The average molecular weight is 425 g/mol. The Balaban J connectivity index is 1.80. The van der Waals surface area contributed by atoms with E-state index in [0.29, 0.717) is 31.6 Å². The number of rotatable bonds is 6. The summed E-state index contributed by atoms with van der Waals surface area (Å²) in [7, 11) is 0. The predicted octanol–water partition coefficient (Wildman–Crippen LogP) is 4.24. The van der Waals surface area contributed by atoms with Gasteiger partial charge in [0.25, 0.3) is 0 Å². The van der Waals surface area contributed by atoms with Crippen molar-refractivity contribution in [2.75, 3.05) is 13.2 Å². The fraction of sp³-hybridized carbons (Fsp3) is 0.524. The van der Waals surface area contributed by atoms with Gasteiger partial charge in [0.15, 0.2) is 0 Å². The Morgan fingerprint density at radius 2 is 2.03 bits per heavy atom. The maximum Gasteiger partial charge on any atom is 0.573 e. The second kappa shape index (κ2) is 8.67. The number of carbonyl (C=O) groups is 1. The Morgan fingerprint density at radius 1 is 1.33 bits per heavy atom. The van der Waals surface area contributed by atoms with Crippen molar-refractivity contribution in [2.24, 2.45) is 0 Å². The fourth-order valence-electron chi connectivity index (χ4n) is 4.18. The molecular formula is C21H26F3N3O3. The van der Waals surface area contributed by atoms with E-state index in [0.717, 1.165) is 17.0 Å². The van der Waals surface area contributed by atoms with Crippen molar-refractivity contribution in [3.8, 4) is 5.75 Å². The van der Waals surface area contributed by atoms with Crippen LogP contribution in [-0.4, -0.2) is 35.7 Å². The van der Waals surface area contributed by atoms with Crippen molar-refractivity contribution in [1.82, 2.24) is 15.5 Å². The van der Waals surface area contributed by atoms with Crippen LogP contribution < -0.4 is 10.1 Å². The highest BCUT2D eigenvalue weighted by molar-refractivity contribution is 5.78. The molecule has 0 radical (unpaired) electrons. The number of amides is 1. The number of aromatic amines is 1. The summed E-state index contributed by atoms with van der Waals surface area (Å²) in [5.74, 6) is -0.537. The van der Waals surface area contributed by atoms with Crippen molar-refractivity contribution in [3.63, 3.8) is 0 Å². The van der Waals surface area contributed by atoms with Gasteiger partial charge in [-0.25, -0.2) is 0 Å². The third kappa shape index (κ3) is 5.13. The van der Waals surface area contributed by atoms with E-state index in [1.807, 2.05) is 20.8 Å². The number of aryl methyl sites for hydroxylation is 2. The molecule has 1 atom stereocenters. The van der Waals surface area contributed by atoms with Gasteiger partial charge in [-0.1, -0.05) is 19.1 Å². The van der Waals surface area contributed by atoms with Crippen LogP contribution in [0.5, 0.6) is 5.75 Å². The molecule has 2 heterocycles. The molecule has 0 aliphatic carbocycles. The molecule has 6 nitrogen and oxygen atoms in total. The van der Waals surface area contributed by atoms with Crippen LogP contribution in [0.25, 0.3) is 0 Å². The molecule has 9 heteroatoms. The molecule has 0 bridgehead atoms. The van der Waals surface area contributed by atoms with E-state index in [1.165, 1.54) is 18.2 Å². The summed E-state index contributed by atoms with van der Waals surface area (Å²) in [5, 5.41) is 10.2. The van der Waals surface area contributed by atoms with E-state index in [1.54, 1.807) is 6.07 Å². The molecule has 2 N–H and O–H groups in total.